The van der Waals surface area contributed by atoms with E-state index < -0.39 is 16.6 Å². The Morgan fingerprint density at radius 3 is 2.55 bits per heavy atom. The molecule has 0 aliphatic heterocycles. The van der Waals surface area contributed by atoms with Crippen LogP contribution < -0.4 is 4.74 Å². The van der Waals surface area contributed by atoms with Gasteiger partial charge in [0.15, 0.2) is 0 Å². The lowest BCUT2D eigenvalue weighted by Crippen LogP contribution is -2.03. The molecule has 7 heteroatoms. The van der Waals surface area contributed by atoms with Gasteiger partial charge in [0.05, 0.1) is 4.92 Å². The Labute approximate surface area is 121 Å². The van der Waals surface area contributed by atoms with Gasteiger partial charge in [0, 0.05) is 10.5 Å². The fourth-order valence-corrected chi connectivity index (χ4v) is 1.97. The van der Waals surface area contributed by atoms with E-state index in [1.165, 1.54) is 18.2 Å². The topological polar surface area (TPSA) is 89.7 Å². The third-order valence-corrected chi connectivity index (χ3v) is 2.93. The first-order valence-electron chi connectivity index (χ1n) is 5.43. The number of carbonyl (C=O) groups is 1. The van der Waals surface area contributed by atoms with Crippen molar-refractivity contribution in [1.29, 1.82) is 0 Å². The summed E-state index contributed by atoms with van der Waals surface area (Å²) in [6.45, 7) is 0. The molecule has 102 valence electrons. The number of hydrogen-bond acceptors (Lipinski definition) is 4. The number of nitro benzene ring substituents is 1. The standard InChI is InChI=1S/C13H8BrNO5/c14-8-3-1-4-9(7-8)20-12-10(13(16)17)5-2-6-11(12)15(18)19/h1-7H,(H,16,17). The molecule has 0 aliphatic carbocycles. The van der Waals surface area contributed by atoms with Crippen LogP contribution in [0.15, 0.2) is 46.9 Å². The number of carboxylic acids is 1. The van der Waals surface area contributed by atoms with Crippen LogP contribution in [-0.2, 0) is 0 Å². The van der Waals surface area contributed by atoms with Crippen molar-refractivity contribution >= 4 is 27.6 Å². The Hall–Kier alpha value is -2.41. The van der Waals surface area contributed by atoms with E-state index in [-0.39, 0.29) is 11.3 Å². The van der Waals surface area contributed by atoms with Crippen LogP contribution >= 0.6 is 15.9 Å². The van der Waals surface area contributed by atoms with E-state index in [9.17, 15) is 14.9 Å². The minimum absolute atomic E-state index is 0.265. The molecule has 0 spiro atoms. The first-order valence-corrected chi connectivity index (χ1v) is 6.22. The number of ether oxygens (including phenoxy) is 1. The molecule has 0 bridgehead atoms. The predicted octanol–water partition coefficient (Wildman–Crippen LogP) is 3.85. The Balaban J connectivity index is 2.53. The molecule has 0 saturated carbocycles. The van der Waals surface area contributed by atoms with Gasteiger partial charge < -0.3 is 9.84 Å². The van der Waals surface area contributed by atoms with E-state index in [0.717, 1.165) is 0 Å². The summed E-state index contributed by atoms with van der Waals surface area (Å²) in [5, 5.41) is 20.1. The number of halogens is 1. The van der Waals surface area contributed by atoms with Crippen molar-refractivity contribution in [2.45, 2.75) is 0 Å². The highest BCUT2D eigenvalue weighted by molar-refractivity contribution is 9.10. The maximum absolute atomic E-state index is 11.1. The molecule has 1 N–H and O–H groups in total. The summed E-state index contributed by atoms with van der Waals surface area (Å²) in [5.41, 5.74) is -0.663. The van der Waals surface area contributed by atoms with Crippen LogP contribution in [0.4, 0.5) is 5.69 Å². The number of benzene rings is 2. The van der Waals surface area contributed by atoms with Gasteiger partial charge in [0.2, 0.25) is 5.75 Å². The first kappa shape index (κ1) is 14.0. The number of hydrogen-bond donors (Lipinski definition) is 1. The molecular weight excluding hydrogens is 330 g/mol. The summed E-state index contributed by atoms with van der Waals surface area (Å²) >= 11 is 3.24. The van der Waals surface area contributed by atoms with Crippen LogP contribution in [0, 0.1) is 10.1 Å². The SMILES string of the molecule is O=C(O)c1cccc([N+](=O)[O-])c1Oc1cccc(Br)c1. The van der Waals surface area contributed by atoms with E-state index in [1.807, 2.05) is 0 Å². The third kappa shape index (κ3) is 2.94. The van der Waals surface area contributed by atoms with Gasteiger partial charge in [-0.3, -0.25) is 10.1 Å². The summed E-state index contributed by atoms with van der Waals surface area (Å²) in [5.74, 6) is -1.28. The molecule has 0 heterocycles. The summed E-state index contributed by atoms with van der Waals surface area (Å²) in [7, 11) is 0. The predicted molar refractivity (Wildman–Crippen MR) is 74.3 cm³/mol. The van der Waals surface area contributed by atoms with Crippen LogP contribution in [0.2, 0.25) is 0 Å². The van der Waals surface area contributed by atoms with Gasteiger partial charge in [-0.1, -0.05) is 28.1 Å². The minimum atomic E-state index is -1.29. The smallest absolute Gasteiger partial charge is 0.339 e. The second-order valence-electron chi connectivity index (χ2n) is 3.78. The van der Waals surface area contributed by atoms with Crippen molar-refractivity contribution in [2.24, 2.45) is 0 Å². The summed E-state index contributed by atoms with van der Waals surface area (Å²) in [6, 6.07) is 10.3. The zero-order chi connectivity index (χ0) is 14.7. The van der Waals surface area contributed by atoms with Gasteiger partial charge in [-0.05, 0) is 24.3 Å². The van der Waals surface area contributed by atoms with Crippen molar-refractivity contribution in [3.05, 3.63) is 62.6 Å². The van der Waals surface area contributed by atoms with Crippen LogP contribution in [-0.4, -0.2) is 16.0 Å². The van der Waals surface area contributed by atoms with Crippen molar-refractivity contribution in [3.63, 3.8) is 0 Å². The Morgan fingerprint density at radius 1 is 1.25 bits per heavy atom. The fourth-order valence-electron chi connectivity index (χ4n) is 1.59. The molecular formula is C13H8BrNO5. The van der Waals surface area contributed by atoms with Crippen molar-refractivity contribution in [3.8, 4) is 11.5 Å². The summed E-state index contributed by atoms with van der Waals surface area (Å²) in [4.78, 5) is 21.4. The molecule has 6 nitrogen and oxygen atoms in total. The molecule has 2 rings (SSSR count). The maximum Gasteiger partial charge on any atom is 0.339 e. The van der Waals surface area contributed by atoms with E-state index >= 15 is 0 Å². The number of para-hydroxylation sites is 1. The number of nitrogens with zero attached hydrogens (tertiary/aromatic N) is 1. The van der Waals surface area contributed by atoms with E-state index in [4.69, 9.17) is 9.84 Å². The van der Waals surface area contributed by atoms with Crippen LogP contribution in [0.25, 0.3) is 0 Å². The largest absolute Gasteiger partial charge is 0.478 e. The fraction of sp³-hybridized carbons (Fsp3) is 0. The Bertz CT molecular complexity index is 654. The Kier molecular flexibility index (Phi) is 3.99. The minimum Gasteiger partial charge on any atom is -0.478 e. The van der Waals surface area contributed by atoms with Gasteiger partial charge in [-0.15, -0.1) is 0 Å². The molecule has 0 fully saturated rings. The van der Waals surface area contributed by atoms with Gasteiger partial charge in [0.1, 0.15) is 11.3 Å². The monoisotopic (exact) mass is 337 g/mol. The van der Waals surface area contributed by atoms with Crippen molar-refractivity contribution in [1.82, 2.24) is 0 Å². The quantitative estimate of drug-likeness (QED) is 0.676. The highest BCUT2D eigenvalue weighted by Gasteiger charge is 2.23. The normalized spacial score (nSPS) is 10.1. The first-order chi connectivity index (χ1) is 9.49. The number of carboxylic acid groups (broad SMARTS) is 1. The zero-order valence-corrected chi connectivity index (χ0v) is 11.5. The van der Waals surface area contributed by atoms with E-state index in [1.54, 1.807) is 24.3 Å². The van der Waals surface area contributed by atoms with Gasteiger partial charge >= 0.3 is 11.7 Å². The molecule has 20 heavy (non-hydrogen) atoms. The molecule has 0 saturated heterocycles. The highest BCUT2D eigenvalue weighted by Crippen LogP contribution is 2.35. The lowest BCUT2D eigenvalue weighted by atomic mass is 10.1. The van der Waals surface area contributed by atoms with Gasteiger partial charge in [-0.2, -0.15) is 0 Å². The molecule has 0 aliphatic rings. The molecule has 0 atom stereocenters. The summed E-state index contributed by atoms with van der Waals surface area (Å²) in [6.07, 6.45) is 0. The molecule has 0 amide bonds. The summed E-state index contributed by atoms with van der Waals surface area (Å²) < 4.78 is 6.10. The lowest BCUT2D eigenvalue weighted by molar-refractivity contribution is -0.385. The maximum atomic E-state index is 11.1. The van der Waals surface area contributed by atoms with Gasteiger partial charge in [0.25, 0.3) is 0 Å². The van der Waals surface area contributed by atoms with Gasteiger partial charge in [-0.25, -0.2) is 4.79 Å². The van der Waals surface area contributed by atoms with Crippen LogP contribution in [0.5, 0.6) is 11.5 Å². The molecule has 0 aromatic heterocycles. The lowest BCUT2D eigenvalue weighted by Gasteiger charge is -2.09. The molecule has 0 unspecified atom stereocenters. The zero-order valence-electron chi connectivity index (χ0n) is 9.95. The number of aromatic carboxylic acids is 1. The average molecular weight is 338 g/mol. The number of rotatable bonds is 4. The highest BCUT2D eigenvalue weighted by atomic mass is 79.9. The van der Waals surface area contributed by atoms with E-state index in [2.05, 4.69) is 15.9 Å². The van der Waals surface area contributed by atoms with Crippen LogP contribution in [0.3, 0.4) is 0 Å². The van der Waals surface area contributed by atoms with Crippen LogP contribution in [0.1, 0.15) is 10.4 Å². The molecule has 2 aromatic rings. The molecule has 0 radical (unpaired) electrons. The number of nitro groups is 1. The third-order valence-electron chi connectivity index (χ3n) is 2.44. The van der Waals surface area contributed by atoms with E-state index in [0.29, 0.717) is 10.2 Å². The second-order valence-corrected chi connectivity index (χ2v) is 4.69. The van der Waals surface area contributed by atoms with Crippen molar-refractivity contribution in [2.75, 3.05) is 0 Å². The molecule has 2 aromatic carbocycles. The second kappa shape index (κ2) is 5.70. The average Bonchev–Trinajstić information content (AvgIpc) is 2.38. The van der Waals surface area contributed by atoms with Crippen molar-refractivity contribution < 1.29 is 19.6 Å². The Morgan fingerprint density at radius 2 is 1.95 bits per heavy atom.